The number of nitrogens with zero attached hydrogens (tertiary/aromatic N) is 3. The first kappa shape index (κ1) is 22.1. The number of rotatable bonds is 7. The summed E-state index contributed by atoms with van der Waals surface area (Å²) in [6, 6.07) is 16.7. The van der Waals surface area contributed by atoms with Gasteiger partial charge in [0, 0.05) is 22.7 Å². The summed E-state index contributed by atoms with van der Waals surface area (Å²) in [4.78, 5) is 5.54. The Morgan fingerprint density at radius 2 is 1.88 bits per heavy atom. The minimum Gasteiger partial charge on any atom is -0.497 e. The first-order valence-corrected chi connectivity index (χ1v) is 11.8. The third-order valence-corrected chi connectivity index (χ3v) is 6.65. The molecule has 5 nitrogen and oxygen atoms in total. The number of hydrogen-bond donors (Lipinski definition) is 0. The predicted octanol–water partition coefficient (Wildman–Crippen LogP) is 5.88. The van der Waals surface area contributed by atoms with Crippen molar-refractivity contribution in [1.82, 2.24) is 4.68 Å². The molecule has 0 aliphatic heterocycles. The van der Waals surface area contributed by atoms with Crippen molar-refractivity contribution in [2.45, 2.75) is 31.6 Å². The van der Waals surface area contributed by atoms with Gasteiger partial charge in [-0.05, 0) is 49.3 Å². The molecular formula is C26H29N3O2S. The lowest BCUT2D eigenvalue weighted by Gasteiger charge is -2.23. The fourth-order valence-corrected chi connectivity index (χ4v) is 4.93. The second kappa shape index (κ2) is 10.5. The lowest BCUT2D eigenvalue weighted by Crippen LogP contribution is -2.18. The van der Waals surface area contributed by atoms with Crippen molar-refractivity contribution in [1.29, 1.82) is 0 Å². The molecule has 1 aliphatic rings. The van der Waals surface area contributed by atoms with Gasteiger partial charge in [0.05, 0.1) is 26.5 Å². The lowest BCUT2D eigenvalue weighted by atomic mass is 9.83. The van der Waals surface area contributed by atoms with Crippen LogP contribution in [0.15, 0.2) is 76.7 Å². The van der Waals surface area contributed by atoms with Crippen LogP contribution in [0.2, 0.25) is 0 Å². The molecule has 1 aliphatic carbocycles. The van der Waals surface area contributed by atoms with Crippen molar-refractivity contribution in [3.63, 3.8) is 0 Å². The molecule has 0 atom stereocenters. The summed E-state index contributed by atoms with van der Waals surface area (Å²) in [5, 5.41) is 7.17. The van der Waals surface area contributed by atoms with Crippen LogP contribution >= 0.6 is 11.3 Å². The Balaban J connectivity index is 1.68. The quantitative estimate of drug-likeness (QED) is 0.425. The molecule has 3 aromatic rings. The molecule has 166 valence electrons. The smallest absolute Gasteiger partial charge is 0.206 e. The summed E-state index contributed by atoms with van der Waals surface area (Å²) in [6.07, 6.45) is 6.02. The van der Waals surface area contributed by atoms with Gasteiger partial charge in [-0.1, -0.05) is 36.4 Å². The van der Waals surface area contributed by atoms with Crippen molar-refractivity contribution in [2.24, 2.45) is 10.1 Å². The van der Waals surface area contributed by atoms with Gasteiger partial charge < -0.3 is 9.47 Å². The van der Waals surface area contributed by atoms with Gasteiger partial charge in [-0.25, -0.2) is 4.68 Å². The number of methoxy groups -OCH3 is 2. The molecule has 0 bridgehead atoms. The molecule has 0 amide bonds. The molecule has 6 heteroatoms. The van der Waals surface area contributed by atoms with Crippen LogP contribution in [0.3, 0.4) is 0 Å². The zero-order valence-electron chi connectivity index (χ0n) is 18.7. The second-order valence-electron chi connectivity index (χ2n) is 7.76. The van der Waals surface area contributed by atoms with Gasteiger partial charge in [-0.15, -0.1) is 17.9 Å². The standard InChI is InChI=1S/C26H29N3O2S/c1-4-16-27-26-29(24(18-32-26)23-15-14-22(30-2)17-25(23)31-3)28-21-12-10-20(11-13-21)19-8-6-5-7-9-19/h4-9,14-15,17-18,20H,1,10-13,16H2,2-3H3. The van der Waals surface area contributed by atoms with Crippen LogP contribution < -0.4 is 14.3 Å². The maximum atomic E-state index is 5.66. The molecule has 0 N–H and O–H groups in total. The molecule has 1 fully saturated rings. The highest BCUT2D eigenvalue weighted by Gasteiger charge is 2.20. The maximum Gasteiger partial charge on any atom is 0.206 e. The summed E-state index contributed by atoms with van der Waals surface area (Å²) in [6.45, 7) is 4.36. The lowest BCUT2D eigenvalue weighted by molar-refractivity contribution is 0.395. The van der Waals surface area contributed by atoms with Crippen LogP contribution in [0.1, 0.15) is 37.2 Å². The van der Waals surface area contributed by atoms with Crippen LogP contribution in [0, 0.1) is 0 Å². The fourth-order valence-electron chi connectivity index (χ4n) is 4.09. The summed E-state index contributed by atoms with van der Waals surface area (Å²) in [7, 11) is 3.33. The van der Waals surface area contributed by atoms with E-state index in [4.69, 9.17) is 14.6 Å². The normalized spacial score (nSPS) is 16.6. The van der Waals surface area contributed by atoms with Crippen molar-refractivity contribution in [2.75, 3.05) is 20.8 Å². The maximum absolute atomic E-state index is 5.66. The van der Waals surface area contributed by atoms with E-state index in [0.717, 1.165) is 53.2 Å². The van der Waals surface area contributed by atoms with Gasteiger partial charge >= 0.3 is 0 Å². The van der Waals surface area contributed by atoms with Crippen LogP contribution in [0.4, 0.5) is 0 Å². The highest BCUT2D eigenvalue weighted by atomic mass is 32.1. The Morgan fingerprint density at radius 1 is 1.09 bits per heavy atom. The van der Waals surface area contributed by atoms with Crippen molar-refractivity contribution in [3.8, 4) is 22.8 Å². The molecule has 4 rings (SSSR count). The van der Waals surface area contributed by atoms with Crippen LogP contribution in [0.5, 0.6) is 11.5 Å². The molecule has 0 radical (unpaired) electrons. The summed E-state index contributed by atoms with van der Waals surface area (Å²) < 4.78 is 13.0. The molecule has 2 aromatic carbocycles. The molecule has 1 heterocycles. The number of ether oxygens (including phenoxy) is 2. The molecule has 32 heavy (non-hydrogen) atoms. The van der Waals surface area contributed by atoms with E-state index in [1.54, 1.807) is 31.6 Å². The molecule has 0 spiro atoms. The highest BCUT2D eigenvalue weighted by Crippen LogP contribution is 2.35. The van der Waals surface area contributed by atoms with Crippen molar-refractivity contribution < 1.29 is 9.47 Å². The SMILES string of the molecule is C=CCN=c1scc(-c2ccc(OC)cc2OC)n1N=C1CCC(c2ccccc2)CC1. The molecule has 1 saturated carbocycles. The second-order valence-corrected chi connectivity index (χ2v) is 8.60. The molecule has 1 aromatic heterocycles. The molecule has 0 unspecified atom stereocenters. The first-order valence-electron chi connectivity index (χ1n) is 10.9. The monoisotopic (exact) mass is 447 g/mol. The predicted molar refractivity (Wildman–Crippen MR) is 132 cm³/mol. The van der Waals surface area contributed by atoms with E-state index >= 15 is 0 Å². The van der Waals surface area contributed by atoms with Gasteiger partial charge in [0.1, 0.15) is 11.5 Å². The Morgan fingerprint density at radius 3 is 2.56 bits per heavy atom. The average molecular weight is 448 g/mol. The van der Waals surface area contributed by atoms with Crippen molar-refractivity contribution in [3.05, 3.63) is 76.9 Å². The van der Waals surface area contributed by atoms with E-state index in [-0.39, 0.29) is 0 Å². The number of thiazole rings is 1. The van der Waals surface area contributed by atoms with Gasteiger partial charge in [0.25, 0.3) is 0 Å². The number of hydrogen-bond acceptors (Lipinski definition) is 5. The van der Waals surface area contributed by atoms with Gasteiger partial charge in [0.2, 0.25) is 4.80 Å². The Kier molecular flexibility index (Phi) is 7.22. The van der Waals surface area contributed by atoms with Gasteiger partial charge in [-0.3, -0.25) is 4.99 Å². The zero-order valence-corrected chi connectivity index (χ0v) is 19.5. The molecular weight excluding hydrogens is 418 g/mol. The minimum atomic E-state index is 0.556. The zero-order chi connectivity index (χ0) is 22.3. The first-order chi connectivity index (χ1) is 15.7. The third kappa shape index (κ3) is 4.86. The van der Waals surface area contributed by atoms with Crippen molar-refractivity contribution >= 4 is 17.0 Å². The number of benzene rings is 2. The third-order valence-electron chi connectivity index (χ3n) is 5.80. The summed E-state index contributed by atoms with van der Waals surface area (Å²) in [5.74, 6) is 2.11. The van der Waals surface area contributed by atoms with Gasteiger partial charge in [0.15, 0.2) is 0 Å². The average Bonchev–Trinajstić information content (AvgIpc) is 3.25. The van der Waals surface area contributed by atoms with E-state index in [0.29, 0.717) is 12.5 Å². The van der Waals surface area contributed by atoms with Gasteiger partial charge in [-0.2, -0.15) is 5.10 Å². The Bertz CT molecular complexity index is 1150. The van der Waals surface area contributed by atoms with E-state index in [1.807, 2.05) is 22.9 Å². The summed E-state index contributed by atoms with van der Waals surface area (Å²) in [5.41, 5.74) is 4.58. The molecule has 0 saturated heterocycles. The van der Waals surface area contributed by atoms with E-state index in [1.165, 1.54) is 11.3 Å². The minimum absolute atomic E-state index is 0.556. The largest absolute Gasteiger partial charge is 0.497 e. The Hall–Kier alpha value is -3.12. The van der Waals surface area contributed by atoms with E-state index in [2.05, 4.69) is 47.3 Å². The Labute approximate surface area is 193 Å². The summed E-state index contributed by atoms with van der Waals surface area (Å²) >= 11 is 1.58. The van der Waals surface area contributed by atoms with Crippen LogP contribution in [0.25, 0.3) is 11.3 Å². The van der Waals surface area contributed by atoms with Crippen LogP contribution in [-0.4, -0.2) is 31.2 Å². The highest BCUT2D eigenvalue weighted by molar-refractivity contribution is 7.07. The topological polar surface area (TPSA) is 48.1 Å². The number of aromatic nitrogens is 1. The van der Waals surface area contributed by atoms with E-state index in [9.17, 15) is 0 Å². The van der Waals surface area contributed by atoms with E-state index < -0.39 is 0 Å². The van der Waals surface area contributed by atoms with Crippen LogP contribution in [-0.2, 0) is 0 Å². The fraction of sp³-hybridized carbons (Fsp3) is 0.308.